The fourth-order valence-electron chi connectivity index (χ4n) is 1.68. The third-order valence-corrected chi connectivity index (χ3v) is 3.75. The summed E-state index contributed by atoms with van der Waals surface area (Å²) in [4.78, 5) is 8.57. The first-order chi connectivity index (χ1) is 8.13. The van der Waals surface area contributed by atoms with Crippen LogP contribution in [0.2, 0.25) is 0 Å². The zero-order valence-corrected chi connectivity index (χ0v) is 12.7. The van der Waals surface area contributed by atoms with Crippen molar-refractivity contribution in [3.8, 4) is 0 Å². The second-order valence-corrected chi connectivity index (χ2v) is 6.16. The summed E-state index contributed by atoms with van der Waals surface area (Å²) in [5.74, 6) is 0.920. The van der Waals surface area contributed by atoms with Crippen LogP contribution in [0.25, 0.3) is 0 Å². The zero-order valence-electron chi connectivity index (χ0n) is 9.77. The van der Waals surface area contributed by atoms with Gasteiger partial charge < -0.3 is 0 Å². The van der Waals surface area contributed by atoms with Crippen LogP contribution >= 0.6 is 34.4 Å². The van der Waals surface area contributed by atoms with Crippen LogP contribution in [0.3, 0.4) is 0 Å². The van der Waals surface area contributed by atoms with Crippen molar-refractivity contribution in [2.75, 3.05) is 0 Å². The highest BCUT2D eigenvalue weighted by atomic mass is 127. The maximum absolute atomic E-state index is 4.28. The standard InChI is InChI=1S/C13H13IN2S/c1-9-3-10(2)5-11(4-9)8-17-13-15-6-12(14)7-16-13/h3-7H,8H2,1-2H3. The molecular weight excluding hydrogens is 343 g/mol. The number of aromatic nitrogens is 2. The predicted octanol–water partition coefficient (Wildman–Crippen LogP) is 3.99. The van der Waals surface area contributed by atoms with Crippen molar-refractivity contribution in [1.82, 2.24) is 9.97 Å². The van der Waals surface area contributed by atoms with Crippen molar-refractivity contribution >= 4 is 34.4 Å². The van der Waals surface area contributed by atoms with E-state index in [4.69, 9.17) is 0 Å². The normalized spacial score (nSPS) is 10.5. The van der Waals surface area contributed by atoms with Crippen LogP contribution in [-0.2, 0) is 5.75 Å². The van der Waals surface area contributed by atoms with Crippen molar-refractivity contribution in [2.24, 2.45) is 0 Å². The molecular formula is C13H13IN2S. The lowest BCUT2D eigenvalue weighted by Crippen LogP contribution is -1.89. The Morgan fingerprint density at radius 3 is 2.24 bits per heavy atom. The highest BCUT2D eigenvalue weighted by Crippen LogP contribution is 2.20. The van der Waals surface area contributed by atoms with Gasteiger partial charge in [-0.1, -0.05) is 41.1 Å². The van der Waals surface area contributed by atoms with Gasteiger partial charge in [0, 0.05) is 21.7 Å². The highest BCUT2D eigenvalue weighted by molar-refractivity contribution is 14.1. The third-order valence-electron chi connectivity index (χ3n) is 2.25. The molecule has 2 nitrogen and oxygen atoms in total. The van der Waals surface area contributed by atoms with Gasteiger partial charge in [-0.05, 0) is 42.0 Å². The second-order valence-electron chi connectivity index (χ2n) is 3.97. The van der Waals surface area contributed by atoms with Gasteiger partial charge in [0.15, 0.2) is 5.16 Å². The van der Waals surface area contributed by atoms with Crippen LogP contribution < -0.4 is 0 Å². The van der Waals surface area contributed by atoms with E-state index in [0.717, 1.165) is 14.5 Å². The molecule has 0 amide bonds. The topological polar surface area (TPSA) is 25.8 Å². The van der Waals surface area contributed by atoms with Crippen molar-refractivity contribution in [3.63, 3.8) is 0 Å². The molecule has 0 aliphatic rings. The van der Waals surface area contributed by atoms with E-state index in [1.807, 2.05) is 12.4 Å². The molecule has 0 unspecified atom stereocenters. The van der Waals surface area contributed by atoms with Crippen LogP contribution in [0.1, 0.15) is 16.7 Å². The van der Waals surface area contributed by atoms with Crippen LogP contribution in [0.4, 0.5) is 0 Å². The van der Waals surface area contributed by atoms with E-state index in [0.29, 0.717) is 0 Å². The second kappa shape index (κ2) is 5.82. The smallest absolute Gasteiger partial charge is 0.187 e. The molecule has 0 N–H and O–H groups in total. The minimum absolute atomic E-state index is 0.838. The third kappa shape index (κ3) is 3.96. The van der Waals surface area contributed by atoms with Crippen molar-refractivity contribution in [2.45, 2.75) is 24.8 Å². The SMILES string of the molecule is Cc1cc(C)cc(CSc2ncc(I)cn2)c1. The van der Waals surface area contributed by atoms with E-state index >= 15 is 0 Å². The first kappa shape index (κ1) is 12.8. The average Bonchev–Trinajstić information content (AvgIpc) is 2.27. The molecule has 2 aromatic rings. The summed E-state index contributed by atoms with van der Waals surface area (Å²) in [5, 5.41) is 0.838. The summed E-state index contributed by atoms with van der Waals surface area (Å²) in [6.45, 7) is 4.26. The van der Waals surface area contributed by atoms with Crippen molar-refractivity contribution in [3.05, 3.63) is 50.9 Å². The molecule has 0 fully saturated rings. The molecule has 88 valence electrons. The Balaban J connectivity index is 2.04. The first-order valence-corrected chi connectivity index (χ1v) is 7.37. The van der Waals surface area contributed by atoms with Crippen LogP contribution in [-0.4, -0.2) is 9.97 Å². The summed E-state index contributed by atoms with van der Waals surface area (Å²) in [6, 6.07) is 6.62. The molecule has 0 spiro atoms. The first-order valence-electron chi connectivity index (χ1n) is 5.31. The fraction of sp³-hybridized carbons (Fsp3) is 0.231. The van der Waals surface area contributed by atoms with Gasteiger partial charge in [-0.25, -0.2) is 9.97 Å². The Hall–Kier alpha value is -0.620. The van der Waals surface area contributed by atoms with E-state index in [9.17, 15) is 0 Å². The molecule has 0 saturated heterocycles. The van der Waals surface area contributed by atoms with Crippen LogP contribution in [0.5, 0.6) is 0 Å². The van der Waals surface area contributed by atoms with Gasteiger partial charge in [-0.15, -0.1) is 0 Å². The quantitative estimate of drug-likeness (QED) is 0.473. The molecule has 1 aromatic heterocycles. The Morgan fingerprint density at radius 1 is 1.06 bits per heavy atom. The minimum atomic E-state index is 0.838. The van der Waals surface area contributed by atoms with Crippen molar-refractivity contribution in [1.29, 1.82) is 0 Å². The Labute approximate surface area is 119 Å². The number of nitrogens with zero attached hydrogens (tertiary/aromatic N) is 2. The molecule has 17 heavy (non-hydrogen) atoms. The Morgan fingerprint density at radius 2 is 1.65 bits per heavy atom. The summed E-state index contributed by atoms with van der Waals surface area (Å²) >= 11 is 3.88. The number of rotatable bonds is 3. The number of hydrogen-bond acceptors (Lipinski definition) is 3. The van der Waals surface area contributed by atoms with Crippen LogP contribution in [0, 0.1) is 17.4 Å². The number of thioether (sulfide) groups is 1. The van der Waals surface area contributed by atoms with Gasteiger partial charge in [-0.2, -0.15) is 0 Å². The summed E-state index contributed by atoms with van der Waals surface area (Å²) < 4.78 is 1.07. The Bertz CT molecular complexity index is 491. The molecule has 0 saturated carbocycles. The fourth-order valence-corrected chi connectivity index (χ4v) is 2.67. The molecule has 0 aliphatic heterocycles. The van der Waals surface area contributed by atoms with Gasteiger partial charge in [0.1, 0.15) is 0 Å². The maximum Gasteiger partial charge on any atom is 0.187 e. The lowest BCUT2D eigenvalue weighted by molar-refractivity contribution is 0.956. The summed E-state index contributed by atoms with van der Waals surface area (Å²) in [6.07, 6.45) is 3.69. The van der Waals surface area contributed by atoms with E-state index in [1.165, 1.54) is 16.7 Å². The lowest BCUT2D eigenvalue weighted by Gasteiger charge is -2.04. The molecule has 0 radical (unpaired) electrons. The number of hydrogen-bond donors (Lipinski definition) is 0. The molecule has 1 aromatic carbocycles. The van der Waals surface area contributed by atoms with E-state index in [1.54, 1.807) is 11.8 Å². The highest BCUT2D eigenvalue weighted by Gasteiger charge is 2.00. The number of halogens is 1. The molecule has 0 atom stereocenters. The number of aryl methyl sites for hydroxylation is 2. The zero-order chi connectivity index (χ0) is 12.3. The van der Waals surface area contributed by atoms with E-state index < -0.39 is 0 Å². The largest absolute Gasteiger partial charge is 0.230 e. The van der Waals surface area contributed by atoms with E-state index in [-0.39, 0.29) is 0 Å². The predicted molar refractivity (Wildman–Crippen MR) is 80.2 cm³/mol. The maximum atomic E-state index is 4.28. The summed E-state index contributed by atoms with van der Waals surface area (Å²) in [5.41, 5.74) is 3.95. The van der Waals surface area contributed by atoms with Crippen molar-refractivity contribution < 1.29 is 0 Å². The van der Waals surface area contributed by atoms with E-state index in [2.05, 4.69) is 64.6 Å². The molecule has 4 heteroatoms. The van der Waals surface area contributed by atoms with Gasteiger partial charge in [0.2, 0.25) is 0 Å². The lowest BCUT2D eigenvalue weighted by atomic mass is 10.1. The van der Waals surface area contributed by atoms with Gasteiger partial charge >= 0.3 is 0 Å². The summed E-state index contributed by atoms with van der Waals surface area (Å²) in [7, 11) is 0. The molecule has 0 bridgehead atoms. The molecule has 0 aliphatic carbocycles. The molecule has 1 heterocycles. The average molecular weight is 356 g/mol. The monoisotopic (exact) mass is 356 g/mol. The van der Waals surface area contributed by atoms with Gasteiger partial charge in [0.05, 0.1) is 0 Å². The van der Waals surface area contributed by atoms with Gasteiger partial charge in [-0.3, -0.25) is 0 Å². The van der Waals surface area contributed by atoms with Crippen LogP contribution in [0.15, 0.2) is 35.7 Å². The Kier molecular flexibility index (Phi) is 4.39. The molecule has 2 rings (SSSR count). The minimum Gasteiger partial charge on any atom is -0.230 e. The van der Waals surface area contributed by atoms with Gasteiger partial charge in [0.25, 0.3) is 0 Å². The number of benzene rings is 1.